The van der Waals surface area contributed by atoms with Crippen molar-refractivity contribution >= 4 is 18.3 Å². The molecule has 1 aliphatic rings. The minimum Gasteiger partial charge on any atom is -0.352 e. The number of carbonyl (C=O) groups excluding carboxylic acids is 1. The fourth-order valence-electron chi connectivity index (χ4n) is 2.83. The van der Waals surface area contributed by atoms with Gasteiger partial charge in [0, 0.05) is 12.6 Å². The van der Waals surface area contributed by atoms with Gasteiger partial charge < -0.3 is 11.1 Å². The highest BCUT2D eigenvalue weighted by Gasteiger charge is 2.43. The number of nitrogens with one attached hydrogen (secondary N) is 1. The van der Waals surface area contributed by atoms with Crippen molar-refractivity contribution in [1.29, 1.82) is 0 Å². The molecule has 2 rings (SSSR count). The van der Waals surface area contributed by atoms with Crippen LogP contribution >= 0.6 is 12.4 Å². The number of carbonyl (C=O) groups is 1. The van der Waals surface area contributed by atoms with E-state index < -0.39 is 5.41 Å². The molecule has 20 heavy (non-hydrogen) atoms. The number of hydrogen-bond donors (Lipinski definition) is 2. The van der Waals surface area contributed by atoms with Crippen LogP contribution in [-0.4, -0.2) is 18.5 Å². The second-order valence-electron chi connectivity index (χ2n) is 5.41. The fourth-order valence-corrected chi connectivity index (χ4v) is 2.83. The van der Waals surface area contributed by atoms with Crippen molar-refractivity contribution in [2.24, 2.45) is 5.73 Å². The molecular formula is C15H22ClFN2O. The maximum atomic E-state index is 13.4. The summed E-state index contributed by atoms with van der Waals surface area (Å²) in [5, 5.41) is 2.94. The molecule has 3 nitrogen and oxygen atoms in total. The summed E-state index contributed by atoms with van der Waals surface area (Å²) >= 11 is 0. The molecule has 0 spiro atoms. The SMILES string of the molecule is C[C@@H](CN)NC(=O)C1(c2cccc(F)c2)CCCC1.Cl. The molecule has 1 fully saturated rings. The summed E-state index contributed by atoms with van der Waals surface area (Å²) in [6, 6.07) is 6.36. The predicted octanol–water partition coefficient (Wildman–Crippen LogP) is 2.52. The average molecular weight is 301 g/mol. The second-order valence-corrected chi connectivity index (χ2v) is 5.41. The first-order valence-corrected chi connectivity index (χ1v) is 6.85. The molecule has 1 aromatic carbocycles. The van der Waals surface area contributed by atoms with Gasteiger partial charge in [-0.2, -0.15) is 0 Å². The molecule has 0 unspecified atom stereocenters. The van der Waals surface area contributed by atoms with Crippen LogP contribution in [0.5, 0.6) is 0 Å². The Hall–Kier alpha value is -1.13. The Labute approximate surface area is 125 Å². The number of halogens is 2. The molecule has 112 valence electrons. The quantitative estimate of drug-likeness (QED) is 0.898. The molecule has 0 radical (unpaired) electrons. The maximum Gasteiger partial charge on any atom is 0.230 e. The zero-order chi connectivity index (χ0) is 13.9. The summed E-state index contributed by atoms with van der Waals surface area (Å²) in [5.74, 6) is -0.308. The van der Waals surface area contributed by atoms with E-state index in [0.717, 1.165) is 31.2 Å². The molecule has 0 saturated heterocycles. The molecule has 1 atom stereocenters. The highest BCUT2D eigenvalue weighted by Crippen LogP contribution is 2.41. The lowest BCUT2D eigenvalue weighted by atomic mass is 9.77. The smallest absolute Gasteiger partial charge is 0.230 e. The van der Waals surface area contributed by atoms with Crippen molar-refractivity contribution in [2.45, 2.75) is 44.1 Å². The van der Waals surface area contributed by atoms with Crippen LogP contribution in [-0.2, 0) is 10.2 Å². The number of benzene rings is 1. The van der Waals surface area contributed by atoms with E-state index in [0.29, 0.717) is 6.54 Å². The summed E-state index contributed by atoms with van der Waals surface area (Å²) in [6.07, 6.45) is 3.56. The minimum absolute atomic E-state index is 0. The first kappa shape index (κ1) is 16.9. The Bertz CT molecular complexity index is 461. The predicted molar refractivity (Wildman–Crippen MR) is 80.5 cm³/mol. The van der Waals surface area contributed by atoms with Gasteiger partial charge in [0.2, 0.25) is 5.91 Å². The zero-order valence-electron chi connectivity index (χ0n) is 11.7. The van der Waals surface area contributed by atoms with Crippen LogP contribution in [0.2, 0.25) is 0 Å². The van der Waals surface area contributed by atoms with Gasteiger partial charge in [0.25, 0.3) is 0 Å². The van der Waals surface area contributed by atoms with Crippen molar-refractivity contribution in [1.82, 2.24) is 5.32 Å². The lowest BCUT2D eigenvalue weighted by molar-refractivity contribution is -0.127. The summed E-state index contributed by atoms with van der Waals surface area (Å²) in [4.78, 5) is 12.6. The largest absolute Gasteiger partial charge is 0.352 e. The standard InChI is InChI=1S/C15H21FN2O.ClH/c1-11(10-17)18-14(19)15(7-2-3-8-15)12-5-4-6-13(16)9-12;/h4-6,9,11H,2-3,7-8,10,17H2,1H3,(H,18,19);1H/t11-;/m0./s1. The summed E-state index contributed by atoms with van der Waals surface area (Å²) in [7, 11) is 0. The Kier molecular flexibility index (Phi) is 5.96. The van der Waals surface area contributed by atoms with Gasteiger partial charge in [0.15, 0.2) is 0 Å². The molecule has 0 bridgehead atoms. The Morgan fingerprint density at radius 1 is 1.45 bits per heavy atom. The van der Waals surface area contributed by atoms with Gasteiger partial charge in [-0.15, -0.1) is 12.4 Å². The van der Waals surface area contributed by atoms with E-state index in [1.807, 2.05) is 13.0 Å². The lowest BCUT2D eigenvalue weighted by Gasteiger charge is -2.29. The van der Waals surface area contributed by atoms with E-state index in [2.05, 4.69) is 5.32 Å². The van der Waals surface area contributed by atoms with Crippen LogP contribution in [0, 0.1) is 5.82 Å². The number of nitrogens with two attached hydrogens (primary N) is 1. The van der Waals surface area contributed by atoms with Crippen LogP contribution in [0.4, 0.5) is 4.39 Å². The third kappa shape index (κ3) is 3.30. The van der Waals surface area contributed by atoms with E-state index in [9.17, 15) is 9.18 Å². The third-order valence-electron chi connectivity index (χ3n) is 4.00. The van der Waals surface area contributed by atoms with Crippen molar-refractivity contribution < 1.29 is 9.18 Å². The summed E-state index contributed by atoms with van der Waals surface area (Å²) < 4.78 is 13.4. The fraction of sp³-hybridized carbons (Fsp3) is 0.533. The maximum absolute atomic E-state index is 13.4. The Balaban J connectivity index is 0.00000200. The molecule has 5 heteroatoms. The van der Waals surface area contributed by atoms with Gasteiger partial charge >= 0.3 is 0 Å². The van der Waals surface area contributed by atoms with Gasteiger partial charge in [-0.05, 0) is 37.5 Å². The van der Waals surface area contributed by atoms with E-state index in [1.54, 1.807) is 6.07 Å². The Morgan fingerprint density at radius 2 is 2.10 bits per heavy atom. The number of amides is 1. The monoisotopic (exact) mass is 300 g/mol. The molecule has 1 aromatic rings. The van der Waals surface area contributed by atoms with E-state index in [4.69, 9.17) is 5.73 Å². The van der Waals surface area contributed by atoms with E-state index in [-0.39, 0.29) is 30.2 Å². The minimum atomic E-state index is -0.578. The van der Waals surface area contributed by atoms with Crippen LogP contribution in [0.1, 0.15) is 38.2 Å². The van der Waals surface area contributed by atoms with Crippen LogP contribution in [0.25, 0.3) is 0 Å². The van der Waals surface area contributed by atoms with Gasteiger partial charge in [-0.25, -0.2) is 4.39 Å². The van der Waals surface area contributed by atoms with Crippen LogP contribution in [0.3, 0.4) is 0 Å². The molecule has 1 saturated carbocycles. The topological polar surface area (TPSA) is 55.1 Å². The second kappa shape index (κ2) is 7.04. The van der Waals surface area contributed by atoms with Crippen LogP contribution in [0.15, 0.2) is 24.3 Å². The first-order valence-electron chi connectivity index (χ1n) is 6.85. The highest BCUT2D eigenvalue weighted by atomic mass is 35.5. The molecule has 1 amide bonds. The van der Waals surface area contributed by atoms with E-state index in [1.165, 1.54) is 12.1 Å². The zero-order valence-corrected chi connectivity index (χ0v) is 12.5. The number of hydrogen-bond acceptors (Lipinski definition) is 2. The molecule has 0 heterocycles. The molecule has 0 aliphatic heterocycles. The molecule has 0 aromatic heterocycles. The molecular weight excluding hydrogens is 279 g/mol. The van der Waals surface area contributed by atoms with Crippen molar-refractivity contribution in [3.63, 3.8) is 0 Å². The Morgan fingerprint density at radius 3 is 2.65 bits per heavy atom. The highest BCUT2D eigenvalue weighted by molar-refractivity contribution is 5.88. The lowest BCUT2D eigenvalue weighted by Crippen LogP contribution is -2.48. The van der Waals surface area contributed by atoms with Gasteiger partial charge in [0.05, 0.1) is 5.41 Å². The van der Waals surface area contributed by atoms with Crippen LogP contribution < -0.4 is 11.1 Å². The average Bonchev–Trinajstić information content (AvgIpc) is 2.89. The van der Waals surface area contributed by atoms with Gasteiger partial charge in [0.1, 0.15) is 5.82 Å². The van der Waals surface area contributed by atoms with Crippen molar-refractivity contribution in [2.75, 3.05) is 6.54 Å². The van der Waals surface area contributed by atoms with Crippen molar-refractivity contribution in [3.8, 4) is 0 Å². The van der Waals surface area contributed by atoms with Gasteiger partial charge in [-0.1, -0.05) is 25.0 Å². The first-order chi connectivity index (χ1) is 9.08. The summed E-state index contributed by atoms with van der Waals surface area (Å²) in [6.45, 7) is 2.29. The van der Waals surface area contributed by atoms with Gasteiger partial charge in [-0.3, -0.25) is 4.79 Å². The molecule has 3 N–H and O–H groups in total. The number of rotatable bonds is 4. The summed E-state index contributed by atoms with van der Waals surface area (Å²) in [5.41, 5.74) is 5.76. The molecule has 1 aliphatic carbocycles. The van der Waals surface area contributed by atoms with Crippen molar-refractivity contribution in [3.05, 3.63) is 35.6 Å². The van der Waals surface area contributed by atoms with E-state index >= 15 is 0 Å². The third-order valence-corrected chi connectivity index (χ3v) is 4.00. The normalized spacial score (nSPS) is 18.1.